The van der Waals surface area contributed by atoms with Crippen molar-refractivity contribution in [2.24, 2.45) is 0 Å². The van der Waals surface area contributed by atoms with Crippen molar-refractivity contribution in [3.8, 4) is 0 Å². The summed E-state index contributed by atoms with van der Waals surface area (Å²) in [6.07, 6.45) is -23.3. The first-order chi connectivity index (χ1) is 18.0. The number of aliphatic hydroxyl groups excluding tert-OH is 15. The molecule has 0 radical (unpaired) electrons. The lowest BCUT2D eigenvalue weighted by atomic mass is 9.98. The summed E-state index contributed by atoms with van der Waals surface area (Å²) in [4.78, 5) is 8.56. The molecule has 0 unspecified atom stereocenters. The van der Waals surface area contributed by atoms with Crippen LogP contribution >= 0.6 is 0 Å². The average molecular weight is 589 g/mol. The second-order valence-electron chi connectivity index (χ2n) is 8.05. The molecule has 13 atom stereocenters. The molecule has 1 saturated heterocycles. The highest BCUT2D eigenvalue weighted by Gasteiger charge is 2.46. The van der Waals surface area contributed by atoms with Gasteiger partial charge in [0, 0.05) is 0 Å². The van der Waals surface area contributed by atoms with E-state index in [4.69, 9.17) is 70.4 Å². The third kappa shape index (κ3) is 13.7. The highest BCUT2D eigenvalue weighted by molar-refractivity contribution is 5.53. The van der Waals surface area contributed by atoms with Crippen LogP contribution in [0.15, 0.2) is 0 Å². The summed E-state index contributed by atoms with van der Waals surface area (Å²) in [5, 5.41) is 151. The van der Waals surface area contributed by atoms with Crippen LogP contribution in [0.5, 0.6) is 0 Å². The minimum absolute atomic E-state index is 0.708. The molecule has 39 heavy (non-hydrogen) atoms. The van der Waals surface area contributed by atoms with Gasteiger partial charge in [0.25, 0.3) is 0 Å². The van der Waals surface area contributed by atoms with Gasteiger partial charge in [-0.05, 0) is 0 Å². The summed E-state index contributed by atoms with van der Waals surface area (Å²) < 4.78 is 10.1. The maximum Gasteiger partial charge on any atom is 0.503 e. The Labute approximate surface area is 220 Å². The quantitative estimate of drug-likeness (QED) is 0.0948. The monoisotopic (exact) mass is 588 g/mol. The van der Waals surface area contributed by atoms with Crippen LogP contribution in [0.1, 0.15) is 0 Å². The van der Waals surface area contributed by atoms with E-state index in [0.29, 0.717) is 0 Å². The molecule has 0 spiro atoms. The highest BCUT2D eigenvalue weighted by atomic mass is 16.7. The minimum atomic E-state index is -1.85. The zero-order valence-corrected chi connectivity index (χ0v) is 20.4. The highest BCUT2D eigenvalue weighted by Crippen LogP contribution is 2.24. The van der Waals surface area contributed by atoms with Crippen molar-refractivity contribution in [3.05, 3.63) is 0 Å². The topological polar surface area (TPSA) is 379 Å². The molecule has 1 aliphatic rings. The van der Waals surface area contributed by atoms with Crippen LogP contribution in [0.4, 0.5) is 4.79 Å². The van der Waals surface area contributed by atoms with Gasteiger partial charge in [-0.25, -0.2) is 4.79 Å². The minimum Gasteiger partial charge on any atom is -0.450 e. The Bertz CT molecular complexity index is 608. The molecule has 0 aliphatic carbocycles. The lowest BCUT2D eigenvalue weighted by Crippen LogP contribution is -2.61. The fourth-order valence-corrected chi connectivity index (χ4v) is 2.84. The second-order valence-corrected chi connectivity index (χ2v) is 8.05. The molecule has 1 rings (SSSR count). The summed E-state index contributed by atoms with van der Waals surface area (Å²) >= 11 is 0. The molecule has 0 aromatic carbocycles. The molecular weight excluding hydrogens is 548 g/mol. The van der Waals surface area contributed by atoms with E-state index in [1.165, 1.54) is 0 Å². The Morgan fingerprint density at radius 3 is 1.31 bits per heavy atom. The van der Waals surface area contributed by atoms with Gasteiger partial charge in [0.1, 0.15) is 73.2 Å². The Morgan fingerprint density at radius 1 is 0.615 bits per heavy atom. The molecular formula is C19H40O20. The number of aliphatic hydroxyl groups is 15. The third-order valence-corrected chi connectivity index (χ3v) is 5.14. The molecule has 0 aromatic rings. The van der Waals surface area contributed by atoms with Gasteiger partial charge in [-0.3, -0.25) is 0 Å². The van der Waals surface area contributed by atoms with E-state index < -0.39 is 119 Å². The summed E-state index contributed by atoms with van der Waals surface area (Å²) in [7, 11) is 0. The Kier molecular flexibility index (Phi) is 20.8. The maximum atomic E-state index is 9.83. The Hall–Kier alpha value is -1.41. The molecule has 0 saturated carbocycles. The van der Waals surface area contributed by atoms with Crippen LogP contribution in [0.25, 0.3) is 0 Å². The largest absolute Gasteiger partial charge is 0.503 e. The number of hydrogen-bond donors (Lipinski definition) is 17. The fraction of sp³-hybridized carbons (Fsp3) is 0.947. The van der Waals surface area contributed by atoms with Crippen LogP contribution in [0, 0.1) is 0 Å². The number of ether oxygens (including phenoxy) is 2. The molecule has 1 heterocycles. The summed E-state index contributed by atoms with van der Waals surface area (Å²) in [5.41, 5.74) is 0. The zero-order valence-electron chi connectivity index (χ0n) is 20.4. The van der Waals surface area contributed by atoms with E-state index in [2.05, 4.69) is 0 Å². The summed E-state index contributed by atoms with van der Waals surface area (Å²) in [6, 6.07) is 0. The van der Waals surface area contributed by atoms with Gasteiger partial charge in [-0.15, -0.1) is 0 Å². The van der Waals surface area contributed by atoms with Crippen LogP contribution in [-0.4, -0.2) is 206 Å². The van der Waals surface area contributed by atoms with Gasteiger partial charge >= 0.3 is 6.16 Å². The predicted molar refractivity (Wildman–Crippen MR) is 120 cm³/mol. The Balaban J connectivity index is 0. The van der Waals surface area contributed by atoms with E-state index in [1.54, 1.807) is 0 Å². The van der Waals surface area contributed by atoms with E-state index in [9.17, 15) is 30.6 Å². The van der Waals surface area contributed by atoms with E-state index in [1.807, 2.05) is 0 Å². The zero-order chi connectivity index (χ0) is 31.0. The molecule has 0 amide bonds. The first-order valence-corrected chi connectivity index (χ1v) is 11.1. The molecule has 0 bridgehead atoms. The fourth-order valence-electron chi connectivity index (χ4n) is 2.84. The molecule has 20 nitrogen and oxygen atoms in total. The van der Waals surface area contributed by atoms with Crippen molar-refractivity contribution in [1.82, 2.24) is 0 Å². The van der Waals surface area contributed by atoms with Gasteiger partial charge in [0.05, 0.1) is 33.0 Å². The second kappa shape index (κ2) is 20.5. The van der Waals surface area contributed by atoms with Crippen molar-refractivity contribution >= 4 is 6.16 Å². The van der Waals surface area contributed by atoms with Crippen molar-refractivity contribution in [3.63, 3.8) is 0 Å². The standard InChI is InChI=1S/C12H24O11.C6H14O6.CH2O3/c13-1-4(16)7(18)11(5(17)2-14)23-12-10(21)9(20)8(19)6(3-15)22-12;7-1-3(9)5(11)6(12)4(10)2-8;2-1(3)4/h4-21H,1-3H2;3-12H,1-2H2;(H2,2,3,4)/t4-,5+,6+,7+,8+,9-,10+,11+,12+;3-,4+,5-,6-;/m01./s1. The van der Waals surface area contributed by atoms with Gasteiger partial charge in [0.15, 0.2) is 6.29 Å². The number of carbonyl (C=O) groups is 1. The van der Waals surface area contributed by atoms with Crippen molar-refractivity contribution < 1.29 is 101 Å². The molecule has 1 aliphatic heterocycles. The smallest absolute Gasteiger partial charge is 0.450 e. The SMILES string of the molecule is O=C(O)O.OC[C@@H](O)[C@@H](O)[C@H](O)[C@@H](O)CO.OC[C@@H](O)[C@@H](O[C@H]1O[C@H](CO)[C@@H](O)[C@H](O)[C@H]1O)[C@H](O)[C@@H](O)CO. The van der Waals surface area contributed by atoms with Crippen molar-refractivity contribution in [2.45, 2.75) is 79.5 Å². The van der Waals surface area contributed by atoms with Crippen LogP contribution in [0.2, 0.25) is 0 Å². The first-order valence-electron chi connectivity index (χ1n) is 11.1. The van der Waals surface area contributed by atoms with Crippen LogP contribution in [-0.2, 0) is 9.47 Å². The molecule has 0 aromatic heterocycles. The number of hydrogen-bond acceptors (Lipinski definition) is 18. The predicted octanol–water partition coefficient (Wildman–Crippen LogP) is -9.12. The normalized spacial score (nSPS) is 29.2. The average Bonchev–Trinajstić information content (AvgIpc) is 2.92. The molecule has 236 valence electrons. The summed E-state index contributed by atoms with van der Waals surface area (Å²) in [5.74, 6) is 0. The maximum absolute atomic E-state index is 9.83. The molecule has 1 fully saturated rings. The lowest BCUT2D eigenvalue weighted by molar-refractivity contribution is -0.327. The van der Waals surface area contributed by atoms with Gasteiger partial charge in [0.2, 0.25) is 0 Å². The van der Waals surface area contributed by atoms with E-state index >= 15 is 0 Å². The molecule has 20 heteroatoms. The van der Waals surface area contributed by atoms with Crippen LogP contribution < -0.4 is 0 Å². The van der Waals surface area contributed by atoms with Gasteiger partial charge in [-0.2, -0.15) is 0 Å². The first kappa shape index (κ1) is 39.7. The van der Waals surface area contributed by atoms with Crippen LogP contribution in [0.3, 0.4) is 0 Å². The third-order valence-electron chi connectivity index (χ3n) is 5.14. The van der Waals surface area contributed by atoms with Crippen molar-refractivity contribution in [2.75, 3.05) is 33.0 Å². The van der Waals surface area contributed by atoms with Gasteiger partial charge < -0.3 is 96.3 Å². The Morgan fingerprint density at radius 2 is 0.974 bits per heavy atom. The number of carboxylic acid groups (broad SMARTS) is 2. The van der Waals surface area contributed by atoms with E-state index in [-0.39, 0.29) is 0 Å². The summed E-state index contributed by atoms with van der Waals surface area (Å²) in [6.45, 7) is -3.91. The van der Waals surface area contributed by atoms with E-state index in [0.717, 1.165) is 0 Å². The number of rotatable bonds is 13. The van der Waals surface area contributed by atoms with Gasteiger partial charge in [-0.1, -0.05) is 0 Å². The van der Waals surface area contributed by atoms with Crippen molar-refractivity contribution in [1.29, 1.82) is 0 Å². The molecule has 17 N–H and O–H groups in total. The lowest BCUT2D eigenvalue weighted by Gasteiger charge is -2.42.